The van der Waals surface area contributed by atoms with Crippen molar-refractivity contribution in [3.63, 3.8) is 0 Å². The van der Waals surface area contributed by atoms with Crippen molar-refractivity contribution < 1.29 is 17.2 Å². The molecule has 0 aliphatic carbocycles. The van der Waals surface area contributed by atoms with Crippen molar-refractivity contribution in [3.8, 4) is 0 Å². The standard InChI is InChI=1S/C13H17F2NO2S/c1-19(17,18)11-5-4-10(12(14)13(11)15)7-9-3-2-6-16-8-9/h4-5,9,16H,2-3,6-8H2,1H3. The molecule has 1 aliphatic heterocycles. The van der Waals surface area contributed by atoms with Gasteiger partial charge in [0.05, 0.1) is 0 Å². The smallest absolute Gasteiger partial charge is 0.178 e. The van der Waals surface area contributed by atoms with Crippen molar-refractivity contribution in [2.24, 2.45) is 5.92 Å². The van der Waals surface area contributed by atoms with Gasteiger partial charge in [-0.1, -0.05) is 6.07 Å². The maximum absolute atomic E-state index is 13.9. The summed E-state index contributed by atoms with van der Waals surface area (Å²) >= 11 is 0. The van der Waals surface area contributed by atoms with E-state index in [1.807, 2.05) is 0 Å². The van der Waals surface area contributed by atoms with Crippen molar-refractivity contribution in [3.05, 3.63) is 29.3 Å². The molecule has 19 heavy (non-hydrogen) atoms. The summed E-state index contributed by atoms with van der Waals surface area (Å²) in [6.07, 6.45) is 3.30. The minimum absolute atomic E-state index is 0.249. The van der Waals surface area contributed by atoms with Gasteiger partial charge in [0.25, 0.3) is 0 Å². The minimum atomic E-state index is -3.73. The van der Waals surface area contributed by atoms with Gasteiger partial charge in [-0.3, -0.25) is 0 Å². The highest BCUT2D eigenvalue weighted by Gasteiger charge is 2.22. The van der Waals surface area contributed by atoms with Crippen molar-refractivity contribution >= 4 is 9.84 Å². The number of rotatable bonds is 3. The van der Waals surface area contributed by atoms with Gasteiger partial charge >= 0.3 is 0 Å². The molecule has 1 saturated heterocycles. The summed E-state index contributed by atoms with van der Waals surface area (Å²) < 4.78 is 50.2. The maximum atomic E-state index is 13.9. The fourth-order valence-corrected chi connectivity index (χ4v) is 3.16. The first-order valence-corrected chi connectivity index (χ1v) is 8.16. The number of benzene rings is 1. The van der Waals surface area contributed by atoms with E-state index in [4.69, 9.17) is 0 Å². The molecular weight excluding hydrogens is 272 g/mol. The molecule has 1 fully saturated rings. The molecule has 1 heterocycles. The van der Waals surface area contributed by atoms with Crippen molar-refractivity contribution in [1.82, 2.24) is 5.32 Å². The van der Waals surface area contributed by atoms with Gasteiger partial charge in [0.1, 0.15) is 4.90 Å². The molecule has 0 spiro atoms. The summed E-state index contributed by atoms with van der Waals surface area (Å²) in [5.74, 6) is -2.02. The van der Waals surface area contributed by atoms with Gasteiger partial charge in [0.15, 0.2) is 21.5 Å². The highest BCUT2D eigenvalue weighted by atomic mass is 32.2. The fourth-order valence-electron chi connectivity index (χ4n) is 2.42. The summed E-state index contributed by atoms with van der Waals surface area (Å²) in [6, 6.07) is 2.53. The summed E-state index contributed by atoms with van der Waals surface area (Å²) in [5, 5.41) is 3.21. The number of piperidine rings is 1. The molecule has 0 radical (unpaired) electrons. The number of hydrogen-bond donors (Lipinski definition) is 1. The normalized spacial score (nSPS) is 20.5. The van der Waals surface area contributed by atoms with E-state index in [2.05, 4.69) is 5.32 Å². The molecule has 2 rings (SSSR count). The molecule has 1 aromatic carbocycles. The lowest BCUT2D eigenvalue weighted by molar-refractivity contribution is 0.368. The van der Waals surface area contributed by atoms with Gasteiger partial charge in [-0.2, -0.15) is 0 Å². The van der Waals surface area contributed by atoms with Crippen LogP contribution in [0, 0.1) is 17.6 Å². The van der Waals surface area contributed by atoms with Gasteiger partial charge in [-0.05, 0) is 49.9 Å². The van der Waals surface area contributed by atoms with Crippen LogP contribution in [0.25, 0.3) is 0 Å². The second kappa shape index (κ2) is 5.54. The molecule has 0 saturated carbocycles. The molecule has 0 amide bonds. The zero-order valence-electron chi connectivity index (χ0n) is 10.7. The van der Waals surface area contributed by atoms with Crippen molar-refractivity contribution in [2.45, 2.75) is 24.2 Å². The van der Waals surface area contributed by atoms with Crippen molar-refractivity contribution in [1.29, 1.82) is 0 Å². The van der Waals surface area contributed by atoms with Crippen LogP contribution in [0.2, 0.25) is 0 Å². The van der Waals surface area contributed by atoms with E-state index in [1.165, 1.54) is 6.07 Å². The Balaban J connectivity index is 2.26. The fraction of sp³-hybridized carbons (Fsp3) is 0.538. The molecular formula is C13H17F2NO2S. The van der Waals surface area contributed by atoms with E-state index in [9.17, 15) is 17.2 Å². The number of hydrogen-bond acceptors (Lipinski definition) is 3. The molecule has 1 N–H and O–H groups in total. The van der Waals surface area contributed by atoms with Crippen LogP contribution in [0.4, 0.5) is 8.78 Å². The third kappa shape index (κ3) is 3.30. The van der Waals surface area contributed by atoms with E-state index in [-0.39, 0.29) is 11.5 Å². The summed E-state index contributed by atoms with van der Waals surface area (Å²) in [4.78, 5) is -0.574. The molecule has 1 atom stereocenters. The van der Waals surface area contributed by atoms with E-state index in [1.54, 1.807) is 0 Å². The van der Waals surface area contributed by atoms with Crippen LogP contribution in [0.5, 0.6) is 0 Å². The quantitative estimate of drug-likeness (QED) is 0.924. The highest BCUT2D eigenvalue weighted by molar-refractivity contribution is 7.90. The van der Waals surface area contributed by atoms with Crippen LogP contribution in [-0.2, 0) is 16.3 Å². The average molecular weight is 289 g/mol. The SMILES string of the molecule is CS(=O)(=O)c1ccc(CC2CCCNC2)c(F)c1F. The first-order chi connectivity index (χ1) is 8.89. The van der Waals surface area contributed by atoms with Gasteiger partial charge in [-0.25, -0.2) is 17.2 Å². The predicted molar refractivity (Wildman–Crippen MR) is 68.8 cm³/mol. The number of sulfone groups is 1. The Hall–Kier alpha value is -1.01. The van der Waals surface area contributed by atoms with Crippen LogP contribution in [0.15, 0.2) is 17.0 Å². The van der Waals surface area contributed by atoms with Crippen LogP contribution < -0.4 is 5.32 Å². The van der Waals surface area contributed by atoms with Gasteiger partial charge < -0.3 is 5.32 Å². The highest BCUT2D eigenvalue weighted by Crippen LogP contribution is 2.24. The number of halogens is 2. The maximum Gasteiger partial charge on any atom is 0.178 e. The molecule has 1 aromatic rings. The Bertz CT molecular complexity index is 566. The van der Waals surface area contributed by atoms with E-state index in [0.29, 0.717) is 6.42 Å². The molecule has 106 valence electrons. The molecule has 0 aromatic heterocycles. The first-order valence-electron chi connectivity index (χ1n) is 6.27. The molecule has 6 heteroatoms. The van der Waals surface area contributed by atoms with Crippen molar-refractivity contribution in [2.75, 3.05) is 19.3 Å². The first kappa shape index (κ1) is 14.4. The Morgan fingerprint density at radius 3 is 2.63 bits per heavy atom. The van der Waals surface area contributed by atoms with E-state index < -0.39 is 26.4 Å². The lowest BCUT2D eigenvalue weighted by atomic mass is 9.92. The largest absolute Gasteiger partial charge is 0.316 e. The summed E-state index contributed by atoms with van der Waals surface area (Å²) in [7, 11) is -3.73. The van der Waals surface area contributed by atoms with Crippen LogP contribution >= 0.6 is 0 Å². The third-order valence-electron chi connectivity index (χ3n) is 3.43. The number of nitrogens with one attached hydrogen (secondary N) is 1. The predicted octanol–water partition coefficient (Wildman–Crippen LogP) is 1.91. The molecule has 3 nitrogen and oxygen atoms in total. The second-order valence-corrected chi connectivity index (χ2v) is 7.02. The van der Waals surface area contributed by atoms with E-state index in [0.717, 1.165) is 38.3 Å². The Morgan fingerprint density at radius 1 is 1.32 bits per heavy atom. The van der Waals surface area contributed by atoms with E-state index >= 15 is 0 Å². The Kier molecular flexibility index (Phi) is 4.20. The van der Waals surface area contributed by atoms with Crippen LogP contribution in [0.1, 0.15) is 18.4 Å². The second-order valence-electron chi connectivity index (χ2n) is 5.04. The molecule has 1 aliphatic rings. The zero-order valence-corrected chi connectivity index (χ0v) is 11.6. The lowest BCUT2D eigenvalue weighted by Crippen LogP contribution is -2.31. The summed E-state index contributed by atoms with van der Waals surface area (Å²) in [6.45, 7) is 1.75. The minimum Gasteiger partial charge on any atom is -0.316 e. The molecule has 1 unspecified atom stereocenters. The Morgan fingerprint density at radius 2 is 2.05 bits per heavy atom. The Labute approximate surface area is 111 Å². The van der Waals surface area contributed by atoms with Crippen LogP contribution in [0.3, 0.4) is 0 Å². The zero-order chi connectivity index (χ0) is 14.0. The average Bonchev–Trinajstić information content (AvgIpc) is 2.35. The van der Waals surface area contributed by atoms with Gasteiger partial charge in [-0.15, -0.1) is 0 Å². The molecule has 0 bridgehead atoms. The van der Waals surface area contributed by atoms with Gasteiger partial charge in [0.2, 0.25) is 0 Å². The topological polar surface area (TPSA) is 46.2 Å². The monoisotopic (exact) mass is 289 g/mol. The van der Waals surface area contributed by atoms with Crippen LogP contribution in [-0.4, -0.2) is 27.8 Å². The summed E-state index contributed by atoms with van der Waals surface area (Å²) in [5.41, 5.74) is 0.249. The third-order valence-corrected chi connectivity index (χ3v) is 4.55. The lowest BCUT2D eigenvalue weighted by Gasteiger charge is -2.23. The van der Waals surface area contributed by atoms with Gasteiger partial charge in [0, 0.05) is 6.26 Å².